The Kier molecular flexibility index (Phi) is 8.23. The van der Waals surface area contributed by atoms with Gasteiger partial charge in [0.1, 0.15) is 6.10 Å². The first-order valence-corrected chi connectivity index (χ1v) is 14.4. The topological polar surface area (TPSA) is 91.4 Å². The summed E-state index contributed by atoms with van der Waals surface area (Å²) < 4.78 is 22.5. The fraction of sp³-hybridized carbons (Fsp3) is 0.485. The number of ketones is 1. The van der Waals surface area contributed by atoms with Crippen LogP contribution in [0.1, 0.15) is 66.8 Å². The van der Waals surface area contributed by atoms with Crippen LogP contribution in [-0.4, -0.2) is 62.1 Å². The van der Waals surface area contributed by atoms with Crippen LogP contribution in [0.3, 0.4) is 0 Å². The lowest BCUT2D eigenvalue weighted by Gasteiger charge is -2.31. The summed E-state index contributed by atoms with van der Waals surface area (Å²) in [5, 5.41) is 0. The van der Waals surface area contributed by atoms with Gasteiger partial charge in [0.05, 0.1) is 31.4 Å². The van der Waals surface area contributed by atoms with Crippen molar-refractivity contribution >= 4 is 23.4 Å². The summed E-state index contributed by atoms with van der Waals surface area (Å²) in [6.07, 6.45) is 0.504. The van der Waals surface area contributed by atoms with Crippen LogP contribution in [0.4, 0.5) is 0 Å². The monoisotopic (exact) mass is 561 g/mol. The highest BCUT2D eigenvalue weighted by molar-refractivity contribution is 6.12. The second-order valence-electron chi connectivity index (χ2n) is 11.7. The van der Waals surface area contributed by atoms with Gasteiger partial charge < -0.3 is 23.8 Å². The molecular weight excluding hydrogens is 522 g/mol. The molecule has 0 aromatic heterocycles. The number of rotatable bonds is 12. The predicted molar refractivity (Wildman–Crippen MR) is 154 cm³/mol. The van der Waals surface area contributed by atoms with Crippen molar-refractivity contribution < 1.29 is 33.3 Å². The highest BCUT2D eigenvalue weighted by atomic mass is 16.6. The van der Waals surface area contributed by atoms with E-state index >= 15 is 0 Å². The van der Waals surface area contributed by atoms with Crippen LogP contribution in [0.5, 0.6) is 11.5 Å². The molecule has 1 fully saturated rings. The Bertz CT molecular complexity index is 1380. The first kappa shape index (κ1) is 28.9. The third kappa shape index (κ3) is 5.03. The molecule has 3 aliphatic heterocycles. The van der Waals surface area contributed by atoms with Gasteiger partial charge in [0.25, 0.3) is 5.91 Å². The normalized spacial score (nSPS) is 21.8. The number of hydrogen-bond donors (Lipinski definition) is 0. The quantitative estimate of drug-likeness (QED) is 0.195. The van der Waals surface area contributed by atoms with E-state index in [1.807, 2.05) is 52.0 Å². The average Bonchev–Trinajstić information content (AvgIpc) is 3.55. The zero-order chi connectivity index (χ0) is 29.4. The zero-order valence-electron chi connectivity index (χ0n) is 24.6. The average molecular weight is 562 g/mol. The molecule has 3 heterocycles. The fourth-order valence-electron chi connectivity index (χ4n) is 6.46. The first-order valence-electron chi connectivity index (χ1n) is 14.4. The number of methoxy groups -OCH3 is 2. The van der Waals surface area contributed by atoms with Crippen molar-refractivity contribution in [2.24, 2.45) is 23.7 Å². The van der Waals surface area contributed by atoms with E-state index in [-0.39, 0.29) is 29.5 Å². The maximum Gasteiger partial charge on any atom is 0.314 e. The molecular formula is C33H39NO7. The number of carbonyl (C=O) groups excluding carboxylic acids is 3. The van der Waals surface area contributed by atoms with Gasteiger partial charge in [-0.2, -0.15) is 0 Å². The van der Waals surface area contributed by atoms with Crippen molar-refractivity contribution in [1.29, 1.82) is 0 Å². The van der Waals surface area contributed by atoms with Gasteiger partial charge in [-0.1, -0.05) is 45.9 Å². The molecule has 8 heteroatoms. The van der Waals surface area contributed by atoms with Crippen LogP contribution >= 0.6 is 0 Å². The Labute approximate surface area is 241 Å². The van der Waals surface area contributed by atoms with Gasteiger partial charge in [-0.25, -0.2) is 0 Å². The van der Waals surface area contributed by atoms with Gasteiger partial charge in [0.2, 0.25) is 0 Å². The van der Waals surface area contributed by atoms with Crippen molar-refractivity contribution in [3.05, 3.63) is 64.7 Å². The van der Waals surface area contributed by atoms with Crippen LogP contribution < -0.4 is 9.47 Å². The lowest BCUT2D eigenvalue weighted by Crippen LogP contribution is -2.42. The minimum atomic E-state index is -0.563. The van der Waals surface area contributed by atoms with Crippen LogP contribution in [0, 0.1) is 23.7 Å². The standard InChI is InChI=1S/C33H39NO7/c1-18(2)23(30(35)20-12-13-25(39-6)26(16-20)40-15-9-14-38-5)17-24-31-28(27(19(3)4)33(37)41-31)29-21-10-7-8-11-22(21)32(36)34(24)29/h7-8,10-13,16,18-19,23-24,27,31H,9,14-15,17H2,1-6H3/t23-,24-,27+,31+/m0/s1. The molecule has 8 nitrogen and oxygen atoms in total. The minimum absolute atomic E-state index is 0.0163. The first-order chi connectivity index (χ1) is 19.7. The molecule has 1 amide bonds. The van der Waals surface area contributed by atoms with Gasteiger partial charge >= 0.3 is 5.97 Å². The molecule has 0 unspecified atom stereocenters. The van der Waals surface area contributed by atoms with Crippen molar-refractivity contribution in [2.45, 2.75) is 52.7 Å². The number of carbonyl (C=O) groups is 3. The third-order valence-electron chi connectivity index (χ3n) is 8.47. The van der Waals surface area contributed by atoms with E-state index in [2.05, 4.69) is 0 Å². The van der Waals surface area contributed by atoms with E-state index in [4.69, 9.17) is 18.9 Å². The molecule has 0 spiro atoms. The maximum atomic E-state index is 14.1. The molecule has 5 rings (SSSR count). The Balaban J connectivity index is 1.47. The van der Waals surface area contributed by atoms with Crippen molar-refractivity contribution in [3.8, 4) is 11.5 Å². The van der Waals surface area contributed by atoms with Crippen molar-refractivity contribution in [1.82, 2.24) is 4.90 Å². The van der Waals surface area contributed by atoms with Crippen LogP contribution in [0.15, 0.2) is 48.0 Å². The Morgan fingerprint density at radius 3 is 2.37 bits per heavy atom. The second kappa shape index (κ2) is 11.7. The summed E-state index contributed by atoms with van der Waals surface area (Å²) in [6, 6.07) is 12.3. The van der Waals surface area contributed by atoms with E-state index in [0.717, 1.165) is 16.8 Å². The van der Waals surface area contributed by atoms with Gasteiger partial charge in [0.15, 0.2) is 17.3 Å². The smallest absolute Gasteiger partial charge is 0.314 e. The van der Waals surface area contributed by atoms with Gasteiger partial charge in [-0.15, -0.1) is 0 Å². The lowest BCUT2D eigenvalue weighted by atomic mass is 9.80. The van der Waals surface area contributed by atoms with E-state index in [1.54, 1.807) is 37.3 Å². The summed E-state index contributed by atoms with van der Waals surface area (Å²) in [7, 11) is 3.21. The van der Waals surface area contributed by atoms with Crippen molar-refractivity contribution in [3.63, 3.8) is 0 Å². The summed E-state index contributed by atoms with van der Waals surface area (Å²) in [5.74, 6) is -0.222. The van der Waals surface area contributed by atoms with E-state index in [1.165, 1.54) is 0 Å². The number of hydrogen-bond acceptors (Lipinski definition) is 7. The number of amides is 1. The number of nitrogens with zero attached hydrogens (tertiary/aromatic N) is 1. The molecule has 2 aromatic rings. The summed E-state index contributed by atoms with van der Waals surface area (Å²) >= 11 is 0. The minimum Gasteiger partial charge on any atom is -0.493 e. The molecule has 0 bridgehead atoms. The Morgan fingerprint density at radius 1 is 0.976 bits per heavy atom. The van der Waals surface area contributed by atoms with E-state index in [9.17, 15) is 14.4 Å². The molecule has 1 saturated heterocycles. The summed E-state index contributed by atoms with van der Waals surface area (Å²) in [6.45, 7) is 9.02. The molecule has 3 aliphatic rings. The fourth-order valence-corrected chi connectivity index (χ4v) is 6.46. The molecule has 0 saturated carbocycles. The number of Topliss-reactive ketones (excluding diaryl/α,β-unsaturated/α-hetero) is 1. The molecule has 2 aromatic carbocycles. The highest BCUT2D eigenvalue weighted by Gasteiger charge is 2.58. The van der Waals surface area contributed by atoms with Gasteiger partial charge in [-0.05, 0) is 42.5 Å². The van der Waals surface area contributed by atoms with Crippen LogP contribution in [0.25, 0.3) is 5.70 Å². The lowest BCUT2D eigenvalue weighted by molar-refractivity contribution is -0.146. The molecule has 41 heavy (non-hydrogen) atoms. The number of benzene rings is 2. The predicted octanol–water partition coefficient (Wildman–Crippen LogP) is 5.40. The largest absolute Gasteiger partial charge is 0.493 e. The SMILES string of the molecule is COCCCOc1cc(C(=O)[C@@H](C[C@H]2[C@H]3OC(=O)[C@H](C(C)C)C3=C3c4ccccc4C(=O)N32)C(C)C)ccc1OC. The summed E-state index contributed by atoms with van der Waals surface area (Å²) in [5.41, 5.74) is 3.63. The van der Waals surface area contributed by atoms with Gasteiger partial charge in [-0.3, -0.25) is 14.4 Å². The van der Waals surface area contributed by atoms with Crippen LogP contribution in [-0.2, 0) is 14.3 Å². The van der Waals surface area contributed by atoms with E-state index < -0.39 is 24.0 Å². The third-order valence-corrected chi connectivity index (χ3v) is 8.47. The molecule has 4 atom stereocenters. The molecule has 218 valence electrons. The summed E-state index contributed by atoms with van der Waals surface area (Å²) in [4.78, 5) is 42.7. The van der Waals surface area contributed by atoms with Crippen molar-refractivity contribution in [2.75, 3.05) is 27.4 Å². The maximum absolute atomic E-state index is 14.1. The number of ether oxygens (including phenoxy) is 4. The number of fused-ring (bicyclic) bond motifs is 4. The van der Waals surface area contributed by atoms with Crippen LogP contribution in [0.2, 0.25) is 0 Å². The Hall–Kier alpha value is -3.65. The zero-order valence-corrected chi connectivity index (χ0v) is 24.6. The number of esters is 1. The molecule has 0 N–H and O–H groups in total. The Morgan fingerprint density at radius 2 is 1.71 bits per heavy atom. The molecule has 0 radical (unpaired) electrons. The highest BCUT2D eigenvalue weighted by Crippen LogP contribution is 2.53. The van der Waals surface area contributed by atoms with Gasteiger partial charge in [0, 0.05) is 48.3 Å². The molecule has 0 aliphatic carbocycles. The second-order valence-corrected chi connectivity index (χ2v) is 11.7. The van der Waals surface area contributed by atoms with E-state index in [0.29, 0.717) is 48.7 Å².